The molecule has 0 spiro atoms. The van der Waals surface area contributed by atoms with E-state index in [1.165, 1.54) is 17.2 Å². The first-order valence-corrected chi connectivity index (χ1v) is 9.81. The topological polar surface area (TPSA) is 72.3 Å². The van der Waals surface area contributed by atoms with Gasteiger partial charge in [-0.15, -0.1) is 0 Å². The Morgan fingerprint density at radius 2 is 1.80 bits per heavy atom. The van der Waals surface area contributed by atoms with Crippen LogP contribution in [0.1, 0.15) is 36.5 Å². The highest BCUT2D eigenvalue weighted by atomic mass is 32.2. The Kier molecular flexibility index (Phi) is 5.67. The summed E-state index contributed by atoms with van der Waals surface area (Å²) in [5, 5.41) is 3.92. The summed E-state index contributed by atoms with van der Waals surface area (Å²) < 4.78 is 27.0. The number of amides is 1. The Labute approximate surface area is 149 Å². The lowest BCUT2D eigenvalue weighted by Crippen LogP contribution is -2.32. The van der Waals surface area contributed by atoms with Crippen LogP contribution in [-0.2, 0) is 9.84 Å². The minimum absolute atomic E-state index is 0.111. The lowest BCUT2D eigenvalue weighted by atomic mass is 10.1. The van der Waals surface area contributed by atoms with E-state index in [2.05, 4.69) is 5.10 Å². The number of rotatable bonds is 5. The van der Waals surface area contributed by atoms with Crippen molar-refractivity contribution in [2.24, 2.45) is 0 Å². The zero-order valence-corrected chi connectivity index (χ0v) is 16.2. The fraction of sp³-hybridized carbons (Fsp3) is 0.444. The summed E-state index contributed by atoms with van der Waals surface area (Å²) in [6.45, 7) is 8.12. The molecule has 6 nitrogen and oxygen atoms in total. The molecule has 7 heteroatoms. The number of hydrogen-bond acceptors (Lipinski definition) is 4. The van der Waals surface area contributed by atoms with Crippen molar-refractivity contribution in [3.63, 3.8) is 0 Å². The van der Waals surface area contributed by atoms with Gasteiger partial charge in [0.05, 0.1) is 4.90 Å². The summed E-state index contributed by atoms with van der Waals surface area (Å²) >= 11 is 0. The van der Waals surface area contributed by atoms with Crippen LogP contribution in [0.15, 0.2) is 34.3 Å². The molecule has 0 N–H and O–H groups in total. The molecule has 1 amide bonds. The minimum atomic E-state index is -3.78. The van der Waals surface area contributed by atoms with Crippen LogP contribution in [0.3, 0.4) is 0 Å². The van der Waals surface area contributed by atoms with E-state index in [1.54, 1.807) is 20.9 Å². The van der Waals surface area contributed by atoms with Crippen LogP contribution in [0.25, 0.3) is 0 Å². The van der Waals surface area contributed by atoms with Gasteiger partial charge in [-0.1, -0.05) is 31.0 Å². The maximum absolute atomic E-state index is 13.0. The highest BCUT2D eigenvalue weighted by Crippen LogP contribution is 2.27. The first-order valence-electron chi connectivity index (χ1n) is 8.32. The molecular formula is C18H25N3O3S. The fourth-order valence-corrected chi connectivity index (χ4v) is 4.53. The lowest BCUT2D eigenvalue weighted by molar-refractivity contribution is 0.206. The second-order valence-electron chi connectivity index (χ2n) is 6.39. The molecule has 0 fully saturated rings. The molecule has 0 saturated carbocycles. The highest BCUT2D eigenvalue weighted by Gasteiger charge is 2.26. The van der Waals surface area contributed by atoms with Crippen molar-refractivity contribution in [3.8, 4) is 0 Å². The molecule has 1 aromatic carbocycles. The molecule has 0 aliphatic rings. The Morgan fingerprint density at radius 3 is 2.36 bits per heavy atom. The number of carbonyl (C=O) groups is 1. The van der Waals surface area contributed by atoms with Crippen molar-refractivity contribution in [2.45, 2.75) is 50.5 Å². The predicted molar refractivity (Wildman–Crippen MR) is 96.7 cm³/mol. The Hall–Kier alpha value is -2.15. The van der Waals surface area contributed by atoms with Crippen molar-refractivity contribution in [3.05, 3.63) is 41.1 Å². The first-order chi connectivity index (χ1) is 11.7. The molecule has 0 aliphatic carbocycles. The second kappa shape index (κ2) is 7.39. The second-order valence-corrected chi connectivity index (χ2v) is 8.22. The van der Waals surface area contributed by atoms with Crippen LogP contribution in [0.5, 0.6) is 0 Å². The third-order valence-corrected chi connectivity index (χ3v) is 6.03. The number of aromatic nitrogens is 2. The van der Waals surface area contributed by atoms with Gasteiger partial charge in [0.25, 0.3) is 0 Å². The standard InChI is InChI=1S/C18H25N3O3S/c1-6-7-9-20(5)18(22)21-10-8-16(19-21)25(23,24)17-14(3)11-13(2)12-15(17)4/h8,10-12H,6-7,9H2,1-5H3. The van der Waals surface area contributed by atoms with Gasteiger partial charge in [-0.25, -0.2) is 13.2 Å². The summed E-state index contributed by atoms with van der Waals surface area (Å²) in [7, 11) is -2.09. The van der Waals surface area contributed by atoms with Gasteiger partial charge in [0.2, 0.25) is 9.84 Å². The van der Waals surface area contributed by atoms with Crippen molar-refractivity contribution in [1.29, 1.82) is 0 Å². The molecule has 2 rings (SSSR count). The Balaban J connectivity index is 2.37. The quantitative estimate of drug-likeness (QED) is 0.817. The first kappa shape index (κ1) is 19.2. The van der Waals surface area contributed by atoms with Gasteiger partial charge >= 0.3 is 6.03 Å². The molecule has 0 unspecified atom stereocenters. The number of nitrogens with zero attached hydrogens (tertiary/aromatic N) is 3. The maximum Gasteiger partial charge on any atom is 0.344 e. The molecule has 0 radical (unpaired) electrons. The predicted octanol–water partition coefficient (Wildman–Crippen LogP) is 3.34. The number of carbonyl (C=O) groups excluding carboxylic acids is 1. The Morgan fingerprint density at radius 1 is 1.20 bits per heavy atom. The number of hydrogen-bond donors (Lipinski definition) is 0. The largest absolute Gasteiger partial charge is 0.344 e. The van der Waals surface area contributed by atoms with Gasteiger partial charge in [0, 0.05) is 19.8 Å². The van der Waals surface area contributed by atoms with E-state index in [4.69, 9.17) is 0 Å². The van der Waals surface area contributed by atoms with E-state index in [1.807, 2.05) is 26.0 Å². The van der Waals surface area contributed by atoms with Gasteiger partial charge in [0.15, 0.2) is 5.03 Å². The summed E-state index contributed by atoms with van der Waals surface area (Å²) in [4.78, 5) is 14.1. The van der Waals surface area contributed by atoms with Gasteiger partial charge in [0.1, 0.15) is 0 Å². The van der Waals surface area contributed by atoms with Gasteiger partial charge in [-0.3, -0.25) is 0 Å². The van der Waals surface area contributed by atoms with Gasteiger partial charge in [-0.05, 0) is 44.4 Å². The number of aryl methyl sites for hydroxylation is 3. The molecule has 1 heterocycles. The number of unbranched alkanes of at least 4 members (excludes halogenated alkanes) is 1. The average Bonchev–Trinajstić information content (AvgIpc) is 3.01. The summed E-state index contributed by atoms with van der Waals surface area (Å²) in [6, 6.07) is 4.70. The van der Waals surface area contributed by atoms with Crippen molar-refractivity contribution in [2.75, 3.05) is 13.6 Å². The van der Waals surface area contributed by atoms with E-state index in [-0.39, 0.29) is 16.0 Å². The van der Waals surface area contributed by atoms with Crippen LogP contribution in [0, 0.1) is 20.8 Å². The third-order valence-electron chi connectivity index (χ3n) is 4.08. The molecule has 0 bridgehead atoms. The zero-order chi connectivity index (χ0) is 18.8. The van der Waals surface area contributed by atoms with E-state index in [0.717, 1.165) is 23.1 Å². The van der Waals surface area contributed by atoms with Crippen LogP contribution >= 0.6 is 0 Å². The summed E-state index contributed by atoms with van der Waals surface area (Å²) in [6.07, 6.45) is 3.26. The van der Waals surface area contributed by atoms with Gasteiger partial charge in [-0.2, -0.15) is 9.78 Å². The molecule has 25 heavy (non-hydrogen) atoms. The molecular weight excluding hydrogens is 338 g/mol. The van der Waals surface area contributed by atoms with Crippen molar-refractivity contribution < 1.29 is 13.2 Å². The molecule has 1 aromatic heterocycles. The summed E-state index contributed by atoms with van der Waals surface area (Å²) in [5.41, 5.74) is 2.36. The van der Waals surface area contributed by atoms with Crippen LogP contribution in [0.2, 0.25) is 0 Å². The number of benzene rings is 1. The highest BCUT2D eigenvalue weighted by molar-refractivity contribution is 7.91. The zero-order valence-electron chi connectivity index (χ0n) is 15.4. The van der Waals surface area contributed by atoms with E-state index in [0.29, 0.717) is 17.7 Å². The molecule has 0 aliphatic heterocycles. The Bertz CT molecular complexity index is 862. The monoisotopic (exact) mass is 363 g/mol. The van der Waals surface area contributed by atoms with Crippen LogP contribution in [-0.4, -0.2) is 42.7 Å². The molecule has 0 saturated heterocycles. The third kappa shape index (κ3) is 3.92. The van der Waals surface area contributed by atoms with E-state index in [9.17, 15) is 13.2 Å². The van der Waals surface area contributed by atoms with E-state index < -0.39 is 9.84 Å². The minimum Gasteiger partial charge on any atom is -0.326 e. The van der Waals surface area contributed by atoms with Gasteiger partial charge < -0.3 is 4.90 Å². The van der Waals surface area contributed by atoms with Crippen molar-refractivity contribution in [1.82, 2.24) is 14.7 Å². The SMILES string of the molecule is CCCCN(C)C(=O)n1ccc(S(=O)(=O)c2c(C)cc(C)cc2C)n1. The fourth-order valence-electron chi connectivity index (χ4n) is 2.92. The molecule has 136 valence electrons. The van der Waals surface area contributed by atoms with E-state index >= 15 is 0 Å². The molecule has 0 atom stereocenters. The normalized spacial score (nSPS) is 11.6. The van der Waals surface area contributed by atoms with Crippen LogP contribution < -0.4 is 0 Å². The van der Waals surface area contributed by atoms with Crippen molar-refractivity contribution >= 4 is 15.9 Å². The molecule has 2 aromatic rings. The number of sulfone groups is 1. The average molecular weight is 363 g/mol. The maximum atomic E-state index is 13.0. The lowest BCUT2D eigenvalue weighted by Gasteiger charge is -2.15. The smallest absolute Gasteiger partial charge is 0.326 e. The van der Waals surface area contributed by atoms with Crippen LogP contribution in [0.4, 0.5) is 4.79 Å². The summed E-state index contributed by atoms with van der Waals surface area (Å²) in [5.74, 6) is 0.